The first-order chi connectivity index (χ1) is 10.2. The highest BCUT2D eigenvalue weighted by atomic mass is 32.1. The van der Waals surface area contributed by atoms with Crippen molar-refractivity contribution in [2.45, 2.75) is 19.8 Å². The number of nitrogens with one attached hydrogen (secondary N) is 3. The molecule has 1 saturated heterocycles. The van der Waals surface area contributed by atoms with Gasteiger partial charge in [0.15, 0.2) is 0 Å². The van der Waals surface area contributed by atoms with Crippen molar-refractivity contribution >= 4 is 17.2 Å². The molecule has 3 N–H and O–H groups in total. The molecule has 1 fully saturated rings. The lowest BCUT2D eigenvalue weighted by molar-refractivity contribution is 0.0947. The molecule has 3 rings (SSSR count). The molecular weight excluding hydrogens is 284 g/mol. The Morgan fingerprint density at radius 2 is 2.48 bits per heavy atom. The molecule has 0 radical (unpaired) electrons. The molecule has 3 heterocycles. The number of hydrogen-bond donors (Lipinski definition) is 3. The van der Waals surface area contributed by atoms with Crippen molar-refractivity contribution in [1.29, 1.82) is 0 Å². The molecule has 6 heteroatoms. The lowest BCUT2D eigenvalue weighted by Gasteiger charge is -2.08. The van der Waals surface area contributed by atoms with Gasteiger partial charge in [-0.2, -0.15) is 0 Å². The highest BCUT2D eigenvalue weighted by molar-refractivity contribution is 7.09. The number of aryl methyl sites for hydroxylation is 1. The molecule has 5 nitrogen and oxygen atoms in total. The number of H-pyrrole nitrogens is 1. The second-order valence-electron chi connectivity index (χ2n) is 5.46. The summed E-state index contributed by atoms with van der Waals surface area (Å²) in [6.45, 7) is 4.89. The summed E-state index contributed by atoms with van der Waals surface area (Å²) in [4.78, 5) is 19.6. The number of carbonyl (C=O) groups excluding carboxylic acids is 1. The van der Waals surface area contributed by atoms with Gasteiger partial charge in [-0.15, -0.1) is 11.3 Å². The van der Waals surface area contributed by atoms with Gasteiger partial charge in [-0.1, -0.05) is 0 Å². The maximum absolute atomic E-state index is 12.1. The van der Waals surface area contributed by atoms with Crippen molar-refractivity contribution in [2.75, 3.05) is 19.6 Å². The van der Waals surface area contributed by atoms with Crippen LogP contribution in [0.2, 0.25) is 0 Å². The van der Waals surface area contributed by atoms with E-state index in [9.17, 15) is 4.79 Å². The lowest BCUT2D eigenvalue weighted by atomic mass is 10.1. The van der Waals surface area contributed by atoms with Gasteiger partial charge in [0.2, 0.25) is 0 Å². The third-order valence-corrected chi connectivity index (χ3v) is 4.62. The summed E-state index contributed by atoms with van der Waals surface area (Å²) in [5, 5.41) is 9.36. The van der Waals surface area contributed by atoms with Crippen LogP contribution in [0.4, 0.5) is 0 Å². The van der Waals surface area contributed by atoms with Gasteiger partial charge in [0.05, 0.1) is 10.7 Å². The maximum atomic E-state index is 12.1. The fraction of sp³-hybridized carbons (Fsp3) is 0.467. The van der Waals surface area contributed by atoms with Crippen molar-refractivity contribution < 1.29 is 4.79 Å². The molecule has 0 aromatic carbocycles. The number of thiazole rings is 1. The van der Waals surface area contributed by atoms with Crippen molar-refractivity contribution in [1.82, 2.24) is 20.6 Å². The number of rotatable bonds is 5. The average molecular weight is 304 g/mol. The summed E-state index contributed by atoms with van der Waals surface area (Å²) < 4.78 is 0. The zero-order valence-corrected chi connectivity index (χ0v) is 12.9. The van der Waals surface area contributed by atoms with Gasteiger partial charge in [-0.05, 0) is 44.8 Å². The molecule has 0 spiro atoms. The van der Waals surface area contributed by atoms with Crippen molar-refractivity contribution in [3.63, 3.8) is 0 Å². The van der Waals surface area contributed by atoms with Crippen molar-refractivity contribution in [3.8, 4) is 11.3 Å². The summed E-state index contributed by atoms with van der Waals surface area (Å²) in [6.07, 6.45) is 4.09. The Morgan fingerprint density at radius 1 is 1.57 bits per heavy atom. The second kappa shape index (κ2) is 6.41. The summed E-state index contributed by atoms with van der Waals surface area (Å²) >= 11 is 1.61. The van der Waals surface area contributed by atoms with Crippen molar-refractivity contribution in [2.24, 2.45) is 5.92 Å². The third kappa shape index (κ3) is 3.51. The molecule has 0 saturated carbocycles. The fourth-order valence-electron chi connectivity index (χ4n) is 2.62. The molecule has 1 aliphatic heterocycles. The van der Waals surface area contributed by atoms with Crippen LogP contribution in [0.3, 0.4) is 0 Å². The predicted molar refractivity (Wildman–Crippen MR) is 84.6 cm³/mol. The minimum Gasteiger partial charge on any atom is -0.357 e. The Hall–Kier alpha value is -1.66. The molecule has 1 atom stereocenters. The summed E-state index contributed by atoms with van der Waals surface area (Å²) in [7, 11) is 0. The Labute approximate surface area is 128 Å². The Balaban J connectivity index is 1.54. The minimum atomic E-state index is -0.0424. The van der Waals surface area contributed by atoms with E-state index in [-0.39, 0.29) is 5.91 Å². The van der Waals surface area contributed by atoms with Crippen LogP contribution < -0.4 is 10.6 Å². The molecule has 0 bridgehead atoms. The van der Waals surface area contributed by atoms with Crippen LogP contribution in [0.1, 0.15) is 28.3 Å². The number of carbonyl (C=O) groups is 1. The van der Waals surface area contributed by atoms with Crippen molar-refractivity contribution in [3.05, 3.63) is 28.3 Å². The first-order valence-corrected chi connectivity index (χ1v) is 8.20. The van der Waals surface area contributed by atoms with Crippen LogP contribution in [0.15, 0.2) is 17.6 Å². The van der Waals surface area contributed by atoms with E-state index >= 15 is 0 Å². The first-order valence-electron chi connectivity index (χ1n) is 7.32. The normalized spacial score (nSPS) is 18.0. The Kier molecular flexibility index (Phi) is 4.36. The Morgan fingerprint density at radius 3 is 3.19 bits per heavy atom. The van der Waals surface area contributed by atoms with Crippen LogP contribution in [-0.4, -0.2) is 35.5 Å². The second-order valence-corrected chi connectivity index (χ2v) is 6.52. The molecule has 2 aromatic rings. The molecule has 2 aromatic heterocycles. The van der Waals surface area contributed by atoms with E-state index in [0.29, 0.717) is 11.6 Å². The molecule has 1 aliphatic rings. The average Bonchev–Trinajstić information content (AvgIpc) is 3.19. The van der Waals surface area contributed by atoms with Crippen LogP contribution in [0, 0.1) is 12.8 Å². The van der Waals surface area contributed by atoms with E-state index in [1.165, 1.54) is 6.42 Å². The monoisotopic (exact) mass is 304 g/mol. The van der Waals surface area contributed by atoms with E-state index in [4.69, 9.17) is 0 Å². The van der Waals surface area contributed by atoms with Crippen LogP contribution in [0.25, 0.3) is 11.3 Å². The predicted octanol–water partition coefficient (Wildman–Crippen LogP) is 2.18. The Bertz CT molecular complexity index is 613. The highest BCUT2D eigenvalue weighted by Gasteiger charge is 2.15. The number of aromatic amines is 1. The third-order valence-electron chi connectivity index (χ3n) is 3.84. The molecule has 1 amide bonds. The van der Waals surface area contributed by atoms with Gasteiger partial charge in [0, 0.05) is 23.7 Å². The number of aromatic nitrogens is 2. The van der Waals surface area contributed by atoms with Gasteiger partial charge in [-0.3, -0.25) is 4.79 Å². The topological polar surface area (TPSA) is 69.8 Å². The van der Waals surface area contributed by atoms with E-state index in [0.717, 1.165) is 42.3 Å². The van der Waals surface area contributed by atoms with E-state index in [1.54, 1.807) is 11.3 Å². The number of nitrogens with zero attached hydrogens (tertiary/aromatic N) is 1. The van der Waals surface area contributed by atoms with Gasteiger partial charge in [-0.25, -0.2) is 4.98 Å². The molecule has 0 aliphatic carbocycles. The number of amides is 1. The highest BCUT2D eigenvalue weighted by Crippen LogP contribution is 2.22. The summed E-state index contributed by atoms with van der Waals surface area (Å²) in [5.41, 5.74) is 2.48. The largest absolute Gasteiger partial charge is 0.357 e. The fourth-order valence-corrected chi connectivity index (χ4v) is 3.24. The van der Waals surface area contributed by atoms with E-state index < -0.39 is 0 Å². The lowest BCUT2D eigenvalue weighted by Crippen LogP contribution is -2.26. The van der Waals surface area contributed by atoms with Crippen LogP contribution >= 0.6 is 11.3 Å². The number of hydrogen-bond acceptors (Lipinski definition) is 4. The van der Waals surface area contributed by atoms with Gasteiger partial charge in [0.25, 0.3) is 5.91 Å². The molecule has 21 heavy (non-hydrogen) atoms. The summed E-state index contributed by atoms with van der Waals surface area (Å²) in [6, 6.07) is 1.86. The van der Waals surface area contributed by atoms with Gasteiger partial charge >= 0.3 is 0 Å². The maximum Gasteiger partial charge on any atom is 0.267 e. The standard InChI is InChI=1S/C15H20N4OS/c1-10-19-14(9-21-10)12-6-13(18-8-12)15(20)17-5-3-11-2-4-16-7-11/h6,8-9,11,16,18H,2-5,7H2,1H3,(H,17,20). The van der Waals surface area contributed by atoms with Crippen LogP contribution in [-0.2, 0) is 0 Å². The van der Waals surface area contributed by atoms with E-state index in [2.05, 4.69) is 20.6 Å². The van der Waals surface area contributed by atoms with Crippen LogP contribution in [0.5, 0.6) is 0 Å². The van der Waals surface area contributed by atoms with E-state index in [1.807, 2.05) is 24.6 Å². The quantitative estimate of drug-likeness (QED) is 0.793. The zero-order chi connectivity index (χ0) is 14.7. The van der Waals surface area contributed by atoms with Gasteiger partial charge < -0.3 is 15.6 Å². The zero-order valence-electron chi connectivity index (χ0n) is 12.1. The SMILES string of the molecule is Cc1nc(-c2c[nH]c(C(=O)NCCC3CCNC3)c2)cs1. The minimum absolute atomic E-state index is 0.0424. The first kappa shape index (κ1) is 14.3. The summed E-state index contributed by atoms with van der Waals surface area (Å²) in [5.74, 6) is 0.654. The smallest absolute Gasteiger partial charge is 0.267 e. The molecular formula is C15H20N4OS. The molecule has 112 valence electrons. The van der Waals surface area contributed by atoms with Gasteiger partial charge in [0.1, 0.15) is 5.69 Å². The molecule has 1 unspecified atom stereocenters.